The first-order valence-corrected chi connectivity index (χ1v) is 7.56. The van der Waals surface area contributed by atoms with Crippen LogP contribution in [-0.2, 0) is 14.3 Å². The maximum atomic E-state index is 13.9. The van der Waals surface area contributed by atoms with E-state index in [-0.39, 0.29) is 42.4 Å². The van der Waals surface area contributed by atoms with Gasteiger partial charge >= 0.3 is 5.97 Å². The molecule has 1 amide bonds. The number of hydrogen-bond acceptors (Lipinski definition) is 6. The number of alkyl halides is 2. The van der Waals surface area contributed by atoms with Gasteiger partial charge in [0.25, 0.3) is 12.3 Å². The largest absolute Gasteiger partial charge is 0.485 e. The van der Waals surface area contributed by atoms with Crippen LogP contribution in [0.3, 0.4) is 0 Å². The van der Waals surface area contributed by atoms with E-state index in [1.807, 2.05) is 0 Å². The minimum atomic E-state index is -2.74. The summed E-state index contributed by atoms with van der Waals surface area (Å²) in [6.45, 7) is -1.29. The van der Waals surface area contributed by atoms with Crippen molar-refractivity contribution < 1.29 is 37.3 Å². The molecular weight excluding hydrogens is 357 g/mol. The van der Waals surface area contributed by atoms with E-state index in [0.717, 1.165) is 19.2 Å². The number of carbonyl (C=O) groups excluding carboxylic acids is 2. The summed E-state index contributed by atoms with van der Waals surface area (Å²) in [4.78, 5) is 25.4. The van der Waals surface area contributed by atoms with Crippen LogP contribution in [0.1, 0.15) is 0 Å². The number of hydrogen-bond donors (Lipinski definition) is 2. The lowest BCUT2D eigenvalue weighted by Crippen LogP contribution is -2.31. The average molecular weight is 374 g/mol. The molecule has 26 heavy (non-hydrogen) atoms. The van der Waals surface area contributed by atoms with Crippen molar-refractivity contribution in [2.24, 2.45) is 0 Å². The van der Waals surface area contributed by atoms with Gasteiger partial charge in [-0.15, -0.1) is 0 Å². The monoisotopic (exact) mass is 374 g/mol. The molecule has 1 aliphatic heterocycles. The zero-order valence-corrected chi connectivity index (χ0v) is 13.8. The summed E-state index contributed by atoms with van der Waals surface area (Å²) in [5.74, 6) is -2.57. The SMILES string of the molecule is COC(=O)C1=C(Nc2ccc(OCC(F)F)c(F)c2)C(=O)N(CCO)C1. The van der Waals surface area contributed by atoms with Crippen molar-refractivity contribution in [3.8, 4) is 5.75 Å². The number of halogens is 3. The Morgan fingerprint density at radius 2 is 2.15 bits per heavy atom. The number of nitrogens with zero attached hydrogens (tertiary/aromatic N) is 1. The number of esters is 1. The number of benzene rings is 1. The molecule has 0 fully saturated rings. The van der Waals surface area contributed by atoms with E-state index in [1.165, 1.54) is 11.0 Å². The van der Waals surface area contributed by atoms with Gasteiger partial charge < -0.3 is 24.8 Å². The molecule has 0 bridgehead atoms. The van der Waals surface area contributed by atoms with Crippen LogP contribution in [0.4, 0.5) is 18.9 Å². The van der Waals surface area contributed by atoms with Crippen molar-refractivity contribution in [1.29, 1.82) is 0 Å². The molecule has 0 saturated heterocycles. The van der Waals surface area contributed by atoms with Crippen LogP contribution >= 0.6 is 0 Å². The second kappa shape index (κ2) is 8.56. The molecule has 2 rings (SSSR count). The minimum Gasteiger partial charge on any atom is -0.485 e. The number of carbonyl (C=O) groups is 2. The summed E-state index contributed by atoms with van der Waals surface area (Å²) in [5, 5.41) is 11.6. The molecule has 10 heteroatoms. The van der Waals surface area contributed by atoms with Gasteiger partial charge in [-0.25, -0.2) is 18.0 Å². The third-order valence-electron chi connectivity index (χ3n) is 3.52. The van der Waals surface area contributed by atoms with Crippen molar-refractivity contribution in [3.63, 3.8) is 0 Å². The van der Waals surface area contributed by atoms with Crippen LogP contribution in [0, 0.1) is 5.82 Å². The van der Waals surface area contributed by atoms with Gasteiger partial charge in [0.2, 0.25) is 0 Å². The van der Waals surface area contributed by atoms with E-state index in [1.54, 1.807) is 0 Å². The van der Waals surface area contributed by atoms with Crippen molar-refractivity contribution in [3.05, 3.63) is 35.3 Å². The molecular formula is C16H17F3N2O5. The minimum absolute atomic E-state index is 0.0132. The smallest absolute Gasteiger partial charge is 0.337 e. The molecule has 0 saturated carbocycles. The van der Waals surface area contributed by atoms with Crippen molar-refractivity contribution in [2.45, 2.75) is 6.43 Å². The van der Waals surface area contributed by atoms with Gasteiger partial charge in [-0.3, -0.25) is 4.79 Å². The van der Waals surface area contributed by atoms with Gasteiger partial charge in [0.1, 0.15) is 12.3 Å². The third-order valence-corrected chi connectivity index (χ3v) is 3.52. The summed E-state index contributed by atoms with van der Waals surface area (Å²) >= 11 is 0. The zero-order chi connectivity index (χ0) is 19.3. The Morgan fingerprint density at radius 3 is 2.73 bits per heavy atom. The number of β-amino-alcohol motifs (C(OH)–C–C–N with tert-alkyl or cyclic N) is 1. The van der Waals surface area contributed by atoms with E-state index in [4.69, 9.17) is 5.11 Å². The van der Waals surface area contributed by atoms with Crippen LogP contribution in [0.15, 0.2) is 29.5 Å². The second-order valence-corrected chi connectivity index (χ2v) is 5.27. The number of aliphatic hydroxyl groups is 1. The van der Waals surface area contributed by atoms with E-state index in [2.05, 4.69) is 14.8 Å². The number of ether oxygens (including phenoxy) is 2. The van der Waals surface area contributed by atoms with E-state index in [0.29, 0.717) is 0 Å². The second-order valence-electron chi connectivity index (χ2n) is 5.27. The Kier molecular flexibility index (Phi) is 6.45. The number of nitrogens with one attached hydrogen (secondary N) is 1. The van der Waals surface area contributed by atoms with Gasteiger partial charge in [0.05, 0.1) is 25.8 Å². The van der Waals surface area contributed by atoms with Crippen molar-refractivity contribution in [1.82, 2.24) is 4.90 Å². The topological polar surface area (TPSA) is 88.1 Å². The number of methoxy groups -OCH3 is 1. The Morgan fingerprint density at radius 1 is 1.42 bits per heavy atom. The fraction of sp³-hybridized carbons (Fsp3) is 0.375. The molecule has 0 spiro atoms. The molecule has 1 aromatic rings. The highest BCUT2D eigenvalue weighted by molar-refractivity contribution is 6.08. The van der Waals surface area contributed by atoms with Gasteiger partial charge in [-0.05, 0) is 12.1 Å². The molecule has 1 aliphatic rings. The first-order valence-electron chi connectivity index (χ1n) is 7.56. The molecule has 0 unspecified atom stereocenters. The quantitative estimate of drug-likeness (QED) is 0.664. The first kappa shape index (κ1) is 19.6. The lowest BCUT2D eigenvalue weighted by molar-refractivity contribution is -0.136. The normalized spacial score (nSPS) is 14.2. The fourth-order valence-electron chi connectivity index (χ4n) is 2.34. The Labute approximate surface area is 147 Å². The molecule has 7 nitrogen and oxygen atoms in total. The maximum absolute atomic E-state index is 13.9. The molecule has 142 valence electrons. The first-order chi connectivity index (χ1) is 12.4. The number of rotatable bonds is 8. The highest BCUT2D eigenvalue weighted by Crippen LogP contribution is 2.26. The van der Waals surface area contributed by atoms with Crippen LogP contribution in [0.5, 0.6) is 5.75 Å². The van der Waals surface area contributed by atoms with Crippen LogP contribution in [0.25, 0.3) is 0 Å². The summed E-state index contributed by atoms with van der Waals surface area (Å²) in [7, 11) is 1.15. The zero-order valence-electron chi connectivity index (χ0n) is 13.8. The molecule has 1 heterocycles. The van der Waals surface area contributed by atoms with E-state index in [9.17, 15) is 22.8 Å². The maximum Gasteiger partial charge on any atom is 0.337 e. The summed E-state index contributed by atoms with van der Waals surface area (Å²) < 4.78 is 47.5. The number of anilines is 1. The third kappa shape index (κ3) is 4.45. The van der Waals surface area contributed by atoms with Crippen LogP contribution in [-0.4, -0.2) is 61.7 Å². The highest BCUT2D eigenvalue weighted by atomic mass is 19.3. The van der Waals surface area contributed by atoms with Gasteiger partial charge in [-0.1, -0.05) is 0 Å². The number of aliphatic hydroxyl groups excluding tert-OH is 1. The van der Waals surface area contributed by atoms with Crippen LogP contribution in [0.2, 0.25) is 0 Å². The molecule has 0 aliphatic carbocycles. The van der Waals surface area contributed by atoms with Gasteiger partial charge in [0.15, 0.2) is 11.6 Å². The highest BCUT2D eigenvalue weighted by Gasteiger charge is 2.34. The Bertz CT molecular complexity index is 724. The molecule has 0 radical (unpaired) electrons. The fourth-order valence-corrected chi connectivity index (χ4v) is 2.34. The van der Waals surface area contributed by atoms with Gasteiger partial charge in [0, 0.05) is 18.3 Å². The molecule has 0 atom stereocenters. The molecule has 2 N–H and O–H groups in total. The van der Waals surface area contributed by atoms with E-state index >= 15 is 0 Å². The van der Waals surface area contributed by atoms with Crippen LogP contribution < -0.4 is 10.1 Å². The summed E-state index contributed by atoms with van der Waals surface area (Å²) in [6.07, 6.45) is -2.74. The molecule has 0 aromatic heterocycles. The lowest BCUT2D eigenvalue weighted by Gasteiger charge is -2.15. The molecule has 1 aromatic carbocycles. The predicted molar refractivity (Wildman–Crippen MR) is 84.2 cm³/mol. The lowest BCUT2D eigenvalue weighted by atomic mass is 10.2. The standard InChI is InChI=1S/C16H17F3N2O5/c1-25-16(24)10-7-21(4-5-22)15(23)14(10)20-9-2-3-12(11(17)6-9)26-8-13(18)19/h2-3,6,13,20,22H,4-5,7-8H2,1H3. The van der Waals surface area contributed by atoms with Crippen molar-refractivity contribution >= 4 is 17.6 Å². The summed E-state index contributed by atoms with van der Waals surface area (Å²) in [6, 6.07) is 3.39. The Hall–Kier alpha value is -2.75. The Balaban J connectivity index is 2.22. The predicted octanol–water partition coefficient (Wildman–Crippen LogP) is 1.14. The number of amides is 1. The average Bonchev–Trinajstić information content (AvgIpc) is 2.90. The van der Waals surface area contributed by atoms with Crippen molar-refractivity contribution in [2.75, 3.05) is 38.7 Å². The summed E-state index contributed by atoms with van der Waals surface area (Å²) in [5.41, 5.74) is 0.0397. The van der Waals surface area contributed by atoms with Gasteiger partial charge in [-0.2, -0.15) is 0 Å². The van der Waals surface area contributed by atoms with E-state index < -0.39 is 30.7 Å².